The molecule has 2 unspecified atom stereocenters. The molecule has 6 nitrogen and oxygen atoms in total. The highest BCUT2D eigenvalue weighted by atomic mass is 16.6. The number of nitro groups is 1. The predicted molar refractivity (Wildman–Crippen MR) is 82.3 cm³/mol. The lowest BCUT2D eigenvalue weighted by Crippen LogP contribution is -2.34. The highest BCUT2D eigenvalue weighted by Crippen LogP contribution is 2.29. The first-order valence-corrected chi connectivity index (χ1v) is 7.43. The van der Waals surface area contributed by atoms with Crippen molar-refractivity contribution in [1.82, 2.24) is 4.90 Å². The van der Waals surface area contributed by atoms with Crippen molar-refractivity contribution in [2.45, 2.75) is 32.9 Å². The maximum Gasteiger partial charge on any atom is 0.292 e. The van der Waals surface area contributed by atoms with Crippen molar-refractivity contribution >= 4 is 11.4 Å². The van der Waals surface area contributed by atoms with E-state index in [1.165, 1.54) is 0 Å². The van der Waals surface area contributed by atoms with Crippen LogP contribution < -0.4 is 5.32 Å². The average molecular weight is 293 g/mol. The molecule has 0 bridgehead atoms. The van der Waals surface area contributed by atoms with E-state index in [4.69, 9.17) is 0 Å². The summed E-state index contributed by atoms with van der Waals surface area (Å²) in [5.74, 6) is 0.487. The van der Waals surface area contributed by atoms with Gasteiger partial charge in [0, 0.05) is 25.2 Å². The third kappa shape index (κ3) is 3.51. The maximum absolute atomic E-state index is 11.0. The van der Waals surface area contributed by atoms with Crippen molar-refractivity contribution in [3.63, 3.8) is 0 Å². The number of benzene rings is 1. The van der Waals surface area contributed by atoms with Crippen LogP contribution in [-0.2, 0) is 6.54 Å². The van der Waals surface area contributed by atoms with Gasteiger partial charge in [0.05, 0.1) is 11.5 Å². The number of aliphatic hydroxyl groups excluding tert-OH is 1. The van der Waals surface area contributed by atoms with Crippen molar-refractivity contribution in [2.24, 2.45) is 5.92 Å². The minimum absolute atomic E-state index is 0.106. The zero-order valence-corrected chi connectivity index (χ0v) is 12.6. The zero-order chi connectivity index (χ0) is 15.4. The molecular formula is C15H23N3O3. The number of rotatable bonds is 6. The second-order valence-electron chi connectivity index (χ2n) is 5.63. The van der Waals surface area contributed by atoms with Gasteiger partial charge in [-0.05, 0) is 37.4 Å². The zero-order valence-electron chi connectivity index (χ0n) is 12.6. The van der Waals surface area contributed by atoms with Gasteiger partial charge in [-0.25, -0.2) is 0 Å². The molecule has 21 heavy (non-hydrogen) atoms. The van der Waals surface area contributed by atoms with Crippen LogP contribution in [0.4, 0.5) is 11.4 Å². The Morgan fingerprint density at radius 2 is 2.29 bits per heavy atom. The van der Waals surface area contributed by atoms with Crippen LogP contribution in [0.1, 0.15) is 25.8 Å². The molecule has 116 valence electrons. The molecular weight excluding hydrogens is 270 g/mol. The Hall–Kier alpha value is -1.66. The summed E-state index contributed by atoms with van der Waals surface area (Å²) in [6.45, 7) is 6.55. The van der Waals surface area contributed by atoms with Crippen molar-refractivity contribution < 1.29 is 10.0 Å². The summed E-state index contributed by atoms with van der Waals surface area (Å²) in [7, 11) is 0. The summed E-state index contributed by atoms with van der Waals surface area (Å²) >= 11 is 0. The van der Waals surface area contributed by atoms with Crippen LogP contribution in [0.15, 0.2) is 18.2 Å². The van der Waals surface area contributed by atoms with Crippen molar-refractivity contribution in [3.8, 4) is 0 Å². The standard InChI is InChI=1S/C15H23N3O3/c1-3-16-13-8-12(4-5-14(13)18(20)21)9-17-7-6-11(2)15(17)10-19/h4-5,8,11,15-16,19H,3,6-7,9-10H2,1-2H3. The highest BCUT2D eigenvalue weighted by molar-refractivity contribution is 5.62. The van der Waals surface area contributed by atoms with E-state index in [2.05, 4.69) is 17.1 Å². The van der Waals surface area contributed by atoms with Gasteiger partial charge in [-0.15, -0.1) is 0 Å². The van der Waals surface area contributed by atoms with E-state index in [9.17, 15) is 15.2 Å². The number of nitrogens with one attached hydrogen (secondary N) is 1. The minimum atomic E-state index is -0.365. The van der Waals surface area contributed by atoms with Gasteiger partial charge in [0.15, 0.2) is 0 Å². The molecule has 2 atom stereocenters. The average Bonchev–Trinajstić information content (AvgIpc) is 2.79. The maximum atomic E-state index is 11.0. The fourth-order valence-electron chi connectivity index (χ4n) is 2.99. The quantitative estimate of drug-likeness (QED) is 0.621. The van der Waals surface area contributed by atoms with Gasteiger partial charge in [0.2, 0.25) is 0 Å². The van der Waals surface area contributed by atoms with Gasteiger partial charge in [-0.1, -0.05) is 13.0 Å². The third-order valence-electron chi connectivity index (χ3n) is 4.20. The summed E-state index contributed by atoms with van der Waals surface area (Å²) in [6, 6.07) is 5.39. The summed E-state index contributed by atoms with van der Waals surface area (Å²) in [5, 5.41) is 23.6. The van der Waals surface area contributed by atoms with Crippen LogP contribution in [0.3, 0.4) is 0 Å². The van der Waals surface area contributed by atoms with Crippen molar-refractivity contribution in [1.29, 1.82) is 0 Å². The second-order valence-corrected chi connectivity index (χ2v) is 5.63. The Morgan fingerprint density at radius 1 is 1.52 bits per heavy atom. The molecule has 1 heterocycles. The topological polar surface area (TPSA) is 78.6 Å². The molecule has 1 saturated heterocycles. The first-order chi connectivity index (χ1) is 10.1. The minimum Gasteiger partial charge on any atom is -0.395 e. The van der Waals surface area contributed by atoms with Gasteiger partial charge in [0.1, 0.15) is 5.69 Å². The number of hydrogen-bond donors (Lipinski definition) is 2. The van der Waals surface area contributed by atoms with Gasteiger partial charge >= 0.3 is 0 Å². The molecule has 0 radical (unpaired) electrons. The molecule has 0 spiro atoms. The molecule has 0 amide bonds. The summed E-state index contributed by atoms with van der Waals surface area (Å²) < 4.78 is 0. The molecule has 2 N–H and O–H groups in total. The molecule has 2 rings (SSSR count). The van der Waals surface area contributed by atoms with E-state index in [1.807, 2.05) is 13.0 Å². The third-order valence-corrected chi connectivity index (χ3v) is 4.20. The van der Waals surface area contributed by atoms with Gasteiger partial charge < -0.3 is 10.4 Å². The number of hydrogen-bond acceptors (Lipinski definition) is 5. The summed E-state index contributed by atoms with van der Waals surface area (Å²) in [6.07, 6.45) is 1.08. The van der Waals surface area contributed by atoms with E-state index in [0.29, 0.717) is 24.7 Å². The number of nitrogens with zero attached hydrogens (tertiary/aromatic N) is 2. The molecule has 1 aromatic carbocycles. The fraction of sp³-hybridized carbons (Fsp3) is 0.600. The summed E-state index contributed by atoms with van der Waals surface area (Å²) in [4.78, 5) is 12.9. The molecule has 0 aromatic heterocycles. The molecule has 1 fully saturated rings. The molecule has 1 aliphatic heterocycles. The molecule has 1 aliphatic rings. The van der Waals surface area contributed by atoms with Gasteiger partial charge in [0.25, 0.3) is 5.69 Å². The van der Waals surface area contributed by atoms with Crippen molar-refractivity contribution in [2.75, 3.05) is 25.0 Å². The Kier molecular flexibility index (Phi) is 5.14. The lowest BCUT2D eigenvalue weighted by Gasteiger charge is -2.25. The number of nitro benzene ring substituents is 1. The highest BCUT2D eigenvalue weighted by Gasteiger charge is 2.30. The SMILES string of the molecule is CCNc1cc(CN2CCC(C)C2CO)ccc1[N+](=O)[O-]. The smallest absolute Gasteiger partial charge is 0.292 e. The lowest BCUT2D eigenvalue weighted by molar-refractivity contribution is -0.384. The van der Waals surface area contributed by atoms with Crippen LogP contribution in [-0.4, -0.2) is 40.7 Å². The van der Waals surface area contributed by atoms with E-state index >= 15 is 0 Å². The van der Waals surface area contributed by atoms with Crippen LogP contribution in [0.2, 0.25) is 0 Å². The van der Waals surface area contributed by atoms with Crippen LogP contribution >= 0.6 is 0 Å². The Bertz CT molecular complexity index is 507. The van der Waals surface area contributed by atoms with E-state index in [0.717, 1.165) is 18.5 Å². The van der Waals surface area contributed by atoms with Crippen LogP contribution in [0.5, 0.6) is 0 Å². The predicted octanol–water partition coefficient (Wildman–Crippen LogP) is 2.23. The van der Waals surface area contributed by atoms with E-state index in [-0.39, 0.29) is 23.3 Å². The normalized spacial score (nSPS) is 22.4. The Morgan fingerprint density at radius 3 is 2.90 bits per heavy atom. The number of anilines is 1. The fourth-order valence-corrected chi connectivity index (χ4v) is 2.99. The Labute approximate surface area is 124 Å². The van der Waals surface area contributed by atoms with Gasteiger partial charge in [-0.2, -0.15) is 0 Å². The number of likely N-dealkylation sites (tertiary alicyclic amines) is 1. The largest absolute Gasteiger partial charge is 0.395 e. The van der Waals surface area contributed by atoms with Crippen LogP contribution in [0, 0.1) is 16.0 Å². The number of aliphatic hydroxyl groups is 1. The lowest BCUT2D eigenvalue weighted by atomic mass is 10.0. The molecule has 1 aromatic rings. The van der Waals surface area contributed by atoms with Crippen LogP contribution in [0.25, 0.3) is 0 Å². The summed E-state index contributed by atoms with van der Waals surface area (Å²) in [5.41, 5.74) is 1.70. The van der Waals surface area contributed by atoms with Gasteiger partial charge in [-0.3, -0.25) is 15.0 Å². The first kappa shape index (κ1) is 15.7. The molecule has 6 heteroatoms. The van der Waals surface area contributed by atoms with Crippen molar-refractivity contribution in [3.05, 3.63) is 33.9 Å². The van der Waals surface area contributed by atoms with E-state index < -0.39 is 0 Å². The second kappa shape index (κ2) is 6.87. The first-order valence-electron chi connectivity index (χ1n) is 7.43. The van der Waals surface area contributed by atoms with E-state index in [1.54, 1.807) is 12.1 Å². The molecule has 0 saturated carbocycles. The monoisotopic (exact) mass is 293 g/mol. The molecule has 0 aliphatic carbocycles. The Balaban J connectivity index is 2.17.